The van der Waals surface area contributed by atoms with Crippen LogP contribution in [0.25, 0.3) is 10.9 Å². The first-order valence-electron chi connectivity index (χ1n) is 7.99. The summed E-state index contributed by atoms with van der Waals surface area (Å²) in [6.45, 7) is -1.09. The van der Waals surface area contributed by atoms with Crippen LogP contribution in [0.3, 0.4) is 0 Å². The van der Waals surface area contributed by atoms with E-state index in [1.165, 1.54) is 23.9 Å². The molecule has 156 valence electrons. The maximum atomic E-state index is 14.1. The average molecular weight is 432 g/mol. The number of pyridine rings is 2. The van der Waals surface area contributed by atoms with Crippen molar-refractivity contribution < 1.29 is 31.1 Å². The molecule has 3 heterocycles. The summed E-state index contributed by atoms with van der Waals surface area (Å²) < 4.78 is 77.0. The van der Waals surface area contributed by atoms with Crippen LogP contribution in [-0.4, -0.2) is 43.1 Å². The molecule has 0 unspecified atom stereocenters. The quantitative estimate of drug-likeness (QED) is 0.589. The predicted octanol–water partition coefficient (Wildman–Crippen LogP) is 1.85. The van der Waals surface area contributed by atoms with Crippen molar-refractivity contribution in [2.24, 2.45) is 7.05 Å². The number of aromatic amines is 1. The Morgan fingerprint density at radius 3 is 2.72 bits per heavy atom. The lowest BCUT2D eigenvalue weighted by atomic mass is 10.3. The zero-order valence-electron chi connectivity index (χ0n) is 15.1. The first kappa shape index (κ1) is 20.5. The average Bonchev–Trinajstić information content (AvgIpc) is 3.09. The summed E-state index contributed by atoms with van der Waals surface area (Å²) in [5, 5.41) is 0.130. The van der Waals surface area contributed by atoms with Crippen molar-refractivity contribution in [3.63, 3.8) is 0 Å². The van der Waals surface area contributed by atoms with Gasteiger partial charge in [0.25, 0.3) is 27.9 Å². The van der Waals surface area contributed by atoms with E-state index >= 15 is 0 Å². The maximum Gasteiger partial charge on any atom is 0.274 e. The molecule has 0 spiro atoms. The highest BCUT2D eigenvalue weighted by Gasteiger charge is 2.24. The van der Waals surface area contributed by atoms with Gasteiger partial charge < -0.3 is 19.0 Å². The van der Waals surface area contributed by atoms with Gasteiger partial charge in [0.2, 0.25) is 5.88 Å². The number of methoxy groups -OCH3 is 1. The molecule has 0 fully saturated rings. The normalized spacial score (nSPS) is 11.8. The molecule has 0 atom stereocenters. The molecular formula is C16H15F3N4O5S. The van der Waals surface area contributed by atoms with Crippen LogP contribution in [0, 0.1) is 5.82 Å². The number of fused-ring (bicyclic) bond motifs is 1. The van der Waals surface area contributed by atoms with E-state index in [0.29, 0.717) is 6.07 Å². The number of halogens is 3. The van der Waals surface area contributed by atoms with Crippen molar-refractivity contribution in [2.45, 2.75) is 11.3 Å². The molecule has 3 rings (SSSR count). The summed E-state index contributed by atoms with van der Waals surface area (Å²) in [5.74, 6) is -2.33. The van der Waals surface area contributed by atoms with Gasteiger partial charge in [0.15, 0.2) is 12.4 Å². The first-order chi connectivity index (χ1) is 13.6. The van der Waals surface area contributed by atoms with Crippen LogP contribution >= 0.6 is 0 Å². The second-order valence-corrected chi connectivity index (χ2v) is 7.46. The van der Waals surface area contributed by atoms with Crippen LogP contribution in [0.15, 0.2) is 34.2 Å². The summed E-state index contributed by atoms with van der Waals surface area (Å²) in [6, 6.07) is 2.12. The molecule has 0 amide bonds. The second-order valence-electron chi connectivity index (χ2n) is 5.81. The Hall–Kier alpha value is -3.22. The molecule has 13 heteroatoms. The van der Waals surface area contributed by atoms with Gasteiger partial charge in [-0.15, -0.1) is 0 Å². The van der Waals surface area contributed by atoms with Crippen molar-refractivity contribution >= 4 is 26.6 Å². The summed E-state index contributed by atoms with van der Waals surface area (Å²) in [7, 11) is -1.66. The number of nitrogens with one attached hydrogen (secondary N) is 2. The van der Waals surface area contributed by atoms with E-state index in [0.717, 1.165) is 13.3 Å². The van der Waals surface area contributed by atoms with Crippen molar-refractivity contribution in [3.05, 3.63) is 40.7 Å². The van der Waals surface area contributed by atoms with E-state index in [9.17, 15) is 26.4 Å². The molecule has 0 saturated heterocycles. The molecule has 3 aromatic rings. The Morgan fingerprint density at radius 2 is 2.07 bits per heavy atom. The zero-order chi connectivity index (χ0) is 21.3. The van der Waals surface area contributed by atoms with Crippen molar-refractivity contribution in [1.82, 2.24) is 14.5 Å². The lowest BCUT2D eigenvalue weighted by Crippen LogP contribution is -2.17. The van der Waals surface area contributed by atoms with Gasteiger partial charge >= 0.3 is 0 Å². The largest absolute Gasteiger partial charge is 0.479 e. The highest BCUT2D eigenvalue weighted by Crippen LogP contribution is 2.31. The van der Waals surface area contributed by atoms with Gasteiger partial charge in [-0.05, 0) is 6.07 Å². The molecule has 0 bridgehead atoms. The van der Waals surface area contributed by atoms with Gasteiger partial charge in [-0.2, -0.15) is 4.98 Å². The van der Waals surface area contributed by atoms with Gasteiger partial charge in [-0.1, -0.05) is 0 Å². The van der Waals surface area contributed by atoms with E-state index in [1.54, 1.807) is 0 Å². The fourth-order valence-corrected chi connectivity index (χ4v) is 3.76. The van der Waals surface area contributed by atoms with Crippen LogP contribution in [-0.2, 0) is 17.1 Å². The van der Waals surface area contributed by atoms with E-state index in [2.05, 4.69) is 19.4 Å². The third kappa shape index (κ3) is 3.99. The van der Waals surface area contributed by atoms with Crippen LogP contribution in [0.4, 0.5) is 18.9 Å². The standard InChI is InChI=1S/C16H15F3N4O5S/c1-23-4-3-8-11(6-20-13(8)16(23)24)29(25,26)22-10-5-9(17)14(21-15(10)27-2)28-7-12(18)19/h3-6,12,20,22H,7H2,1-2H3. The van der Waals surface area contributed by atoms with Gasteiger partial charge in [0.1, 0.15) is 16.1 Å². The van der Waals surface area contributed by atoms with Crippen LogP contribution in [0.1, 0.15) is 0 Å². The number of hydrogen-bond acceptors (Lipinski definition) is 6. The molecule has 2 N–H and O–H groups in total. The van der Waals surface area contributed by atoms with Gasteiger partial charge in [0.05, 0.1) is 7.11 Å². The zero-order valence-corrected chi connectivity index (χ0v) is 15.9. The third-order valence-corrected chi connectivity index (χ3v) is 5.27. The second kappa shape index (κ2) is 7.66. The summed E-state index contributed by atoms with van der Waals surface area (Å²) in [6.07, 6.45) is -0.339. The molecule has 0 saturated carbocycles. The van der Waals surface area contributed by atoms with Crippen molar-refractivity contribution in [1.29, 1.82) is 0 Å². The number of aryl methyl sites for hydroxylation is 1. The Labute approximate surface area is 162 Å². The number of anilines is 1. The number of nitrogens with zero attached hydrogens (tertiary/aromatic N) is 2. The maximum absolute atomic E-state index is 14.1. The minimum Gasteiger partial charge on any atom is -0.479 e. The third-order valence-electron chi connectivity index (χ3n) is 3.86. The molecule has 0 aliphatic heterocycles. The topological polar surface area (TPSA) is 115 Å². The first-order valence-corrected chi connectivity index (χ1v) is 9.47. The van der Waals surface area contributed by atoms with Gasteiger partial charge in [0, 0.05) is 30.9 Å². The van der Waals surface area contributed by atoms with Crippen LogP contribution in [0.2, 0.25) is 0 Å². The molecule has 29 heavy (non-hydrogen) atoms. The SMILES string of the molecule is COc1nc(OCC(F)F)c(F)cc1NS(=O)(=O)c1c[nH]c2c(=O)n(C)ccc12. The number of ether oxygens (including phenoxy) is 2. The molecule has 0 aliphatic carbocycles. The van der Waals surface area contributed by atoms with E-state index < -0.39 is 46.2 Å². The van der Waals surface area contributed by atoms with E-state index in [-0.39, 0.29) is 21.5 Å². The summed E-state index contributed by atoms with van der Waals surface area (Å²) >= 11 is 0. The van der Waals surface area contributed by atoms with Crippen molar-refractivity contribution in [2.75, 3.05) is 18.4 Å². The van der Waals surface area contributed by atoms with Gasteiger partial charge in [-0.3, -0.25) is 9.52 Å². The minimum absolute atomic E-state index is 0.0717. The number of H-pyrrole nitrogens is 1. The Bertz CT molecular complexity index is 1220. The lowest BCUT2D eigenvalue weighted by molar-refractivity contribution is 0.0770. The molecule has 3 aromatic heterocycles. The minimum atomic E-state index is -4.29. The van der Waals surface area contributed by atoms with Crippen LogP contribution < -0.4 is 19.8 Å². The number of rotatable bonds is 7. The van der Waals surface area contributed by atoms with E-state index in [4.69, 9.17) is 4.74 Å². The molecular weight excluding hydrogens is 417 g/mol. The fraction of sp³-hybridized carbons (Fsp3) is 0.250. The Kier molecular flexibility index (Phi) is 5.42. The molecule has 0 radical (unpaired) electrons. The summed E-state index contributed by atoms with van der Waals surface area (Å²) in [5.41, 5.74) is -0.746. The number of hydrogen-bond donors (Lipinski definition) is 2. The number of sulfonamides is 1. The highest BCUT2D eigenvalue weighted by molar-refractivity contribution is 7.93. The van der Waals surface area contributed by atoms with E-state index in [1.807, 2.05) is 0 Å². The smallest absolute Gasteiger partial charge is 0.274 e. The molecule has 0 aliphatic rings. The van der Waals surface area contributed by atoms with Crippen LogP contribution in [0.5, 0.6) is 11.8 Å². The Balaban J connectivity index is 2.00. The monoisotopic (exact) mass is 432 g/mol. The van der Waals surface area contributed by atoms with Gasteiger partial charge in [-0.25, -0.2) is 21.6 Å². The Morgan fingerprint density at radius 1 is 1.34 bits per heavy atom. The molecule has 0 aromatic carbocycles. The summed E-state index contributed by atoms with van der Waals surface area (Å²) in [4.78, 5) is 18.0. The highest BCUT2D eigenvalue weighted by atomic mass is 32.2. The lowest BCUT2D eigenvalue weighted by Gasteiger charge is -2.13. The number of aromatic nitrogens is 3. The number of alkyl halides is 2. The molecule has 9 nitrogen and oxygen atoms in total. The van der Waals surface area contributed by atoms with Crippen molar-refractivity contribution in [3.8, 4) is 11.8 Å². The fourth-order valence-electron chi connectivity index (χ4n) is 2.54. The predicted molar refractivity (Wildman–Crippen MR) is 96.6 cm³/mol.